The first kappa shape index (κ1) is 7.55. The first-order chi connectivity index (χ1) is 4.47. The van der Waals surface area contributed by atoms with E-state index in [9.17, 15) is 0 Å². The minimum atomic E-state index is 0. The highest BCUT2D eigenvalue weighted by Crippen LogP contribution is 2.03. The third kappa shape index (κ3) is 1.14. The van der Waals surface area contributed by atoms with Gasteiger partial charge in [0.25, 0.3) is 0 Å². The van der Waals surface area contributed by atoms with Gasteiger partial charge in [0.1, 0.15) is 6.54 Å². The molecule has 0 N–H and O–H groups in total. The first-order valence-corrected chi connectivity index (χ1v) is 3.44. The molecule has 0 radical (unpaired) electrons. The van der Waals surface area contributed by atoms with Crippen molar-refractivity contribution < 1.29 is 17.0 Å². The topological polar surface area (TPSA) is 3.88 Å². The van der Waals surface area contributed by atoms with Crippen molar-refractivity contribution in [2.45, 2.75) is 19.4 Å². The minimum absolute atomic E-state index is 0. The Morgan fingerprint density at radius 2 is 2.20 bits per heavy atom. The van der Waals surface area contributed by atoms with Gasteiger partial charge < -0.3 is 12.4 Å². The van der Waals surface area contributed by atoms with E-state index in [1.165, 1.54) is 25.1 Å². The molecule has 0 amide bonds. The van der Waals surface area contributed by atoms with Crippen molar-refractivity contribution >= 4 is 0 Å². The summed E-state index contributed by atoms with van der Waals surface area (Å²) >= 11 is 0. The lowest BCUT2D eigenvalue weighted by Gasteiger charge is -1.87. The van der Waals surface area contributed by atoms with Crippen LogP contribution < -0.4 is 17.0 Å². The van der Waals surface area contributed by atoms with Gasteiger partial charge in [-0.2, -0.15) is 0 Å². The van der Waals surface area contributed by atoms with Crippen LogP contribution in [0.1, 0.15) is 12.1 Å². The van der Waals surface area contributed by atoms with Gasteiger partial charge in [0, 0.05) is 25.0 Å². The Balaban J connectivity index is 0.000000500. The maximum Gasteiger partial charge on any atom is 0.181 e. The van der Waals surface area contributed by atoms with E-state index in [1.807, 2.05) is 0 Å². The molecule has 1 aromatic heterocycles. The summed E-state index contributed by atoms with van der Waals surface area (Å²) in [4.78, 5) is 0. The molecule has 2 heteroatoms. The molecule has 1 aromatic rings. The van der Waals surface area contributed by atoms with E-state index in [1.54, 1.807) is 0 Å². The van der Waals surface area contributed by atoms with Crippen LogP contribution in [0.15, 0.2) is 24.4 Å². The first-order valence-electron chi connectivity index (χ1n) is 3.44. The molecule has 2 heterocycles. The molecule has 0 unspecified atom stereocenters. The van der Waals surface area contributed by atoms with Crippen molar-refractivity contribution in [3.05, 3.63) is 30.1 Å². The molecule has 0 aliphatic carbocycles. The Hall–Kier alpha value is -0.560. The molecule has 0 spiro atoms. The van der Waals surface area contributed by atoms with Crippen molar-refractivity contribution in [3.8, 4) is 0 Å². The van der Waals surface area contributed by atoms with E-state index < -0.39 is 0 Å². The summed E-state index contributed by atoms with van der Waals surface area (Å²) in [6.07, 6.45) is 4.74. The quantitative estimate of drug-likeness (QED) is 0.379. The van der Waals surface area contributed by atoms with Gasteiger partial charge in [-0.3, -0.25) is 0 Å². The summed E-state index contributed by atoms with van der Waals surface area (Å²) in [6.45, 7) is 1.22. The molecule has 0 saturated carbocycles. The van der Waals surface area contributed by atoms with Crippen LogP contribution in [0.5, 0.6) is 0 Å². The lowest BCUT2D eigenvalue weighted by atomic mass is 10.3. The van der Waals surface area contributed by atoms with Gasteiger partial charge in [0.05, 0.1) is 0 Å². The fraction of sp³-hybridized carbons (Fsp3) is 0.375. The second-order valence-corrected chi connectivity index (χ2v) is 2.49. The van der Waals surface area contributed by atoms with Crippen LogP contribution in [0.25, 0.3) is 0 Å². The van der Waals surface area contributed by atoms with Crippen molar-refractivity contribution in [2.75, 3.05) is 0 Å². The molecule has 0 atom stereocenters. The number of hydrogen-bond donors (Lipinski definition) is 0. The molecule has 0 saturated heterocycles. The van der Waals surface area contributed by atoms with Gasteiger partial charge in [-0.05, 0) is 0 Å². The van der Waals surface area contributed by atoms with Crippen LogP contribution in [0.2, 0.25) is 0 Å². The highest BCUT2D eigenvalue weighted by molar-refractivity contribution is 4.98. The van der Waals surface area contributed by atoms with E-state index in [-0.39, 0.29) is 12.4 Å². The number of fused-ring (bicyclic) bond motifs is 1. The average molecular weight is 156 g/mol. The Morgan fingerprint density at radius 1 is 1.30 bits per heavy atom. The maximum absolute atomic E-state index is 2.32. The lowest BCUT2D eigenvalue weighted by Crippen LogP contribution is -3.00. The van der Waals surface area contributed by atoms with Crippen molar-refractivity contribution in [1.82, 2.24) is 0 Å². The normalized spacial score (nSPS) is 14.0. The molecule has 1 aliphatic rings. The summed E-state index contributed by atoms with van der Waals surface area (Å²) in [7, 11) is 0. The van der Waals surface area contributed by atoms with Crippen LogP contribution in [-0.4, -0.2) is 0 Å². The smallest absolute Gasteiger partial charge is 0.181 e. The van der Waals surface area contributed by atoms with Gasteiger partial charge in [0.15, 0.2) is 11.9 Å². The molecular formula is C8H10ClN. The highest BCUT2D eigenvalue weighted by Gasteiger charge is 2.15. The molecule has 2 rings (SSSR count). The average Bonchev–Trinajstić information content (AvgIpc) is 2.33. The molecule has 1 aliphatic heterocycles. The maximum atomic E-state index is 2.32. The van der Waals surface area contributed by atoms with Crippen LogP contribution in [0.3, 0.4) is 0 Å². The summed E-state index contributed by atoms with van der Waals surface area (Å²) in [6, 6.07) is 6.40. The molecule has 0 aromatic carbocycles. The summed E-state index contributed by atoms with van der Waals surface area (Å²) in [5.41, 5.74) is 1.48. The van der Waals surface area contributed by atoms with Crippen molar-refractivity contribution in [3.63, 3.8) is 0 Å². The zero-order valence-electron chi connectivity index (χ0n) is 5.76. The number of nitrogens with zero attached hydrogens (tertiary/aromatic N) is 1. The zero-order chi connectivity index (χ0) is 6.10. The van der Waals surface area contributed by atoms with Crippen LogP contribution >= 0.6 is 0 Å². The van der Waals surface area contributed by atoms with Gasteiger partial charge >= 0.3 is 0 Å². The molecular weight excluding hydrogens is 146 g/mol. The van der Waals surface area contributed by atoms with Crippen LogP contribution in [-0.2, 0) is 13.0 Å². The minimum Gasteiger partial charge on any atom is -1.00 e. The highest BCUT2D eigenvalue weighted by atomic mass is 35.5. The van der Waals surface area contributed by atoms with Crippen molar-refractivity contribution in [2.24, 2.45) is 0 Å². The fourth-order valence-corrected chi connectivity index (χ4v) is 1.39. The van der Waals surface area contributed by atoms with E-state index in [2.05, 4.69) is 29.0 Å². The second kappa shape index (κ2) is 3.02. The number of hydrogen-bond acceptors (Lipinski definition) is 0. The third-order valence-corrected chi connectivity index (χ3v) is 1.87. The molecule has 54 valence electrons. The van der Waals surface area contributed by atoms with Crippen molar-refractivity contribution in [1.29, 1.82) is 0 Å². The van der Waals surface area contributed by atoms with Crippen LogP contribution in [0, 0.1) is 0 Å². The lowest BCUT2D eigenvalue weighted by molar-refractivity contribution is -0.690. The Bertz CT molecular complexity index is 199. The number of aryl methyl sites for hydroxylation is 2. The van der Waals surface area contributed by atoms with Gasteiger partial charge in [-0.15, -0.1) is 0 Å². The van der Waals surface area contributed by atoms with E-state index in [0.29, 0.717) is 0 Å². The summed E-state index contributed by atoms with van der Waals surface area (Å²) in [5, 5.41) is 0. The Kier molecular flexibility index (Phi) is 2.28. The van der Waals surface area contributed by atoms with Gasteiger partial charge in [0.2, 0.25) is 0 Å². The van der Waals surface area contributed by atoms with Gasteiger partial charge in [-0.25, -0.2) is 4.57 Å². The third-order valence-electron chi connectivity index (χ3n) is 1.87. The molecule has 1 nitrogen and oxygen atoms in total. The molecule has 0 fully saturated rings. The standard InChI is InChI=1S/C8H10N.ClH/c1-2-6-9-7-3-5-8(9)4-1;/h1-2,4,6H,3,5,7H2;1H/q+1;/p-1. The SMILES string of the molecule is [Cl-].c1cc[n+]2c(c1)CCC2. The van der Waals surface area contributed by atoms with Crippen LogP contribution in [0.4, 0.5) is 0 Å². The second-order valence-electron chi connectivity index (χ2n) is 2.49. The van der Waals surface area contributed by atoms with E-state index >= 15 is 0 Å². The Labute approximate surface area is 67.1 Å². The fourth-order valence-electron chi connectivity index (χ4n) is 1.39. The summed E-state index contributed by atoms with van der Waals surface area (Å²) in [5.74, 6) is 0. The van der Waals surface area contributed by atoms with Gasteiger partial charge in [-0.1, -0.05) is 6.07 Å². The molecule has 10 heavy (non-hydrogen) atoms. The van der Waals surface area contributed by atoms with E-state index in [4.69, 9.17) is 0 Å². The zero-order valence-corrected chi connectivity index (χ0v) is 6.51. The number of rotatable bonds is 0. The number of halogens is 1. The largest absolute Gasteiger partial charge is 1.00 e. The Morgan fingerprint density at radius 3 is 3.00 bits per heavy atom. The predicted molar refractivity (Wildman–Crippen MR) is 35.0 cm³/mol. The monoisotopic (exact) mass is 155 g/mol. The predicted octanol–water partition coefficient (Wildman–Crippen LogP) is -2.08. The number of pyridine rings is 1. The number of aromatic nitrogens is 1. The molecule has 0 bridgehead atoms. The van der Waals surface area contributed by atoms with E-state index in [0.717, 1.165) is 0 Å². The summed E-state index contributed by atoms with van der Waals surface area (Å²) < 4.78 is 2.32.